The molecule has 5 atom stereocenters. The number of hydrogen-bond acceptors (Lipinski definition) is 12. The van der Waals surface area contributed by atoms with Gasteiger partial charge in [-0.15, -0.1) is 11.3 Å². The minimum atomic E-state index is -3.73. The molecule has 5 heterocycles. The van der Waals surface area contributed by atoms with Gasteiger partial charge in [-0.25, -0.2) is 19.6 Å². The zero-order valence-corrected chi connectivity index (χ0v) is 40.3. The predicted octanol–water partition coefficient (Wildman–Crippen LogP) is 5.78. The van der Waals surface area contributed by atoms with Crippen LogP contribution < -0.4 is 30.7 Å². The lowest BCUT2D eigenvalue weighted by atomic mass is 9.93. The minimum Gasteiger partial charge on any atom is -0.497 e. The van der Waals surface area contributed by atoms with Crippen LogP contribution in [0.5, 0.6) is 11.5 Å². The lowest BCUT2D eigenvalue weighted by Crippen LogP contribution is -2.57. The maximum Gasteiger partial charge on any atom is 0.330 e. The Morgan fingerprint density at radius 1 is 1.03 bits per heavy atom. The summed E-state index contributed by atoms with van der Waals surface area (Å²) >= 11 is 1.45. The number of aliphatic carboxylic acids is 1. The maximum atomic E-state index is 15.1. The molecule has 362 valence electrons. The van der Waals surface area contributed by atoms with E-state index in [2.05, 4.69) is 21.3 Å². The van der Waals surface area contributed by atoms with Crippen molar-refractivity contribution in [2.24, 2.45) is 5.92 Å². The minimum absolute atomic E-state index is 0.00206. The molecule has 2 aromatic heterocycles. The SMILES string of the molecule is COc1ccc2c(O[C@@H]3C[C@H]4C(=O)N[C@]5(C(=O)O)CC5/C=C\CCCCC[C@H](NC(=O)NC(CN5CCCN(C)S5(=O)=O)=C5CCCCC5)C(=O)N4C3)cc(-c3csc(NC(C)C)n3)nc2c1. The third-order valence-corrected chi connectivity index (χ3v) is 16.2. The van der Waals surface area contributed by atoms with E-state index in [4.69, 9.17) is 19.4 Å². The lowest BCUT2D eigenvalue weighted by molar-refractivity contribution is -0.145. The first kappa shape index (κ1) is 48.2. The molecule has 4 fully saturated rings. The van der Waals surface area contributed by atoms with Crippen molar-refractivity contribution in [2.45, 2.75) is 127 Å². The summed E-state index contributed by atoms with van der Waals surface area (Å²) in [6, 6.07) is 4.55. The maximum absolute atomic E-state index is 15.1. The van der Waals surface area contributed by atoms with E-state index in [1.54, 1.807) is 32.4 Å². The third-order valence-electron chi connectivity index (χ3n) is 13.5. The van der Waals surface area contributed by atoms with Crippen molar-refractivity contribution in [3.8, 4) is 22.9 Å². The molecule has 0 bridgehead atoms. The van der Waals surface area contributed by atoms with Gasteiger partial charge in [-0.2, -0.15) is 17.0 Å². The van der Waals surface area contributed by atoms with Gasteiger partial charge < -0.3 is 40.7 Å². The molecule has 3 aliphatic heterocycles. The van der Waals surface area contributed by atoms with E-state index in [0.717, 1.165) is 55.7 Å². The summed E-state index contributed by atoms with van der Waals surface area (Å²) in [5.74, 6) is -1.63. The van der Waals surface area contributed by atoms with Gasteiger partial charge in [-0.3, -0.25) is 9.59 Å². The fraction of sp³-hybridized carbons (Fsp3) is 0.574. The zero-order valence-electron chi connectivity index (χ0n) is 38.7. The molecular weight excluding hydrogens is 899 g/mol. The van der Waals surface area contributed by atoms with Crippen molar-refractivity contribution >= 4 is 61.4 Å². The molecule has 67 heavy (non-hydrogen) atoms. The molecule has 5 aliphatic rings. The highest BCUT2D eigenvalue weighted by Gasteiger charge is 2.61. The van der Waals surface area contributed by atoms with Crippen molar-refractivity contribution in [1.82, 2.24) is 39.4 Å². The van der Waals surface area contributed by atoms with Gasteiger partial charge in [-0.05, 0) is 89.3 Å². The number of pyridine rings is 1. The van der Waals surface area contributed by atoms with Crippen molar-refractivity contribution < 1.29 is 42.2 Å². The highest BCUT2D eigenvalue weighted by atomic mass is 32.2. The molecule has 5 N–H and O–H groups in total. The Balaban J connectivity index is 1.10. The molecule has 0 radical (unpaired) electrons. The normalized spacial score (nSPS) is 26.6. The molecule has 0 spiro atoms. The Labute approximate surface area is 396 Å². The van der Waals surface area contributed by atoms with Crippen LogP contribution in [0.2, 0.25) is 0 Å². The number of urea groups is 1. The van der Waals surface area contributed by atoms with E-state index < -0.39 is 63.7 Å². The van der Waals surface area contributed by atoms with Crippen LogP contribution in [-0.2, 0) is 24.6 Å². The van der Waals surface area contributed by atoms with E-state index in [9.17, 15) is 27.9 Å². The number of benzene rings is 1. The Hall–Kier alpha value is -5.31. The summed E-state index contributed by atoms with van der Waals surface area (Å²) in [5.41, 5.74) is 1.75. The number of thiazole rings is 1. The largest absolute Gasteiger partial charge is 0.497 e. The van der Waals surface area contributed by atoms with Crippen LogP contribution >= 0.6 is 11.3 Å². The number of carbonyl (C=O) groups excluding carboxylic acids is 3. The molecule has 20 heteroatoms. The van der Waals surface area contributed by atoms with Gasteiger partial charge in [-0.1, -0.05) is 31.4 Å². The highest BCUT2D eigenvalue weighted by molar-refractivity contribution is 7.86. The van der Waals surface area contributed by atoms with Gasteiger partial charge in [0.15, 0.2) is 5.13 Å². The van der Waals surface area contributed by atoms with Crippen molar-refractivity contribution in [3.05, 3.63) is 53.1 Å². The van der Waals surface area contributed by atoms with Crippen LogP contribution in [0.15, 0.2) is 53.1 Å². The Morgan fingerprint density at radius 3 is 2.58 bits per heavy atom. The Kier molecular flexibility index (Phi) is 14.7. The average Bonchev–Trinajstić information content (AvgIpc) is 3.56. The molecule has 2 saturated heterocycles. The van der Waals surface area contributed by atoms with E-state index >= 15 is 4.79 Å². The first-order valence-corrected chi connectivity index (χ1v) is 25.8. The number of fused-ring (bicyclic) bond motifs is 3. The van der Waals surface area contributed by atoms with Gasteiger partial charge >= 0.3 is 12.0 Å². The molecule has 18 nitrogen and oxygen atoms in total. The van der Waals surface area contributed by atoms with Crippen LogP contribution in [0.3, 0.4) is 0 Å². The van der Waals surface area contributed by atoms with Crippen molar-refractivity contribution in [2.75, 3.05) is 45.7 Å². The summed E-state index contributed by atoms with van der Waals surface area (Å²) in [5, 5.41) is 25.8. The van der Waals surface area contributed by atoms with Gasteiger partial charge in [0, 0.05) is 67.1 Å². The summed E-state index contributed by atoms with van der Waals surface area (Å²) < 4.78 is 41.7. The molecule has 2 saturated carbocycles. The third kappa shape index (κ3) is 10.9. The molecule has 3 aromatic rings. The summed E-state index contributed by atoms with van der Waals surface area (Å²) in [4.78, 5) is 67.6. The smallest absolute Gasteiger partial charge is 0.330 e. The second-order valence-electron chi connectivity index (χ2n) is 18.7. The molecular formula is C47H63N9O9S2. The van der Waals surface area contributed by atoms with Crippen LogP contribution in [0.25, 0.3) is 22.3 Å². The number of carboxylic acids is 1. The number of carboxylic acid groups (broad SMARTS) is 1. The fourth-order valence-electron chi connectivity index (χ4n) is 9.65. The molecule has 8 rings (SSSR count). The van der Waals surface area contributed by atoms with Crippen LogP contribution in [-0.4, -0.2) is 131 Å². The summed E-state index contributed by atoms with van der Waals surface area (Å²) in [7, 11) is -0.610. The monoisotopic (exact) mass is 961 g/mol. The highest BCUT2D eigenvalue weighted by Crippen LogP contribution is 2.46. The van der Waals surface area contributed by atoms with Crippen molar-refractivity contribution in [1.29, 1.82) is 0 Å². The number of methoxy groups -OCH3 is 1. The number of rotatable bonds is 11. The number of ether oxygens (including phenoxy) is 2. The first-order valence-electron chi connectivity index (χ1n) is 23.6. The number of amides is 4. The number of anilines is 1. The van der Waals surface area contributed by atoms with E-state index in [0.29, 0.717) is 71.8 Å². The number of carbonyl (C=O) groups is 4. The topological polar surface area (TPSA) is 225 Å². The second-order valence-corrected chi connectivity index (χ2v) is 21.6. The predicted molar refractivity (Wildman–Crippen MR) is 255 cm³/mol. The van der Waals surface area contributed by atoms with Gasteiger partial charge in [0.05, 0.1) is 31.4 Å². The first-order chi connectivity index (χ1) is 32.1. The number of nitrogens with one attached hydrogen (secondary N) is 4. The van der Waals surface area contributed by atoms with Crippen LogP contribution in [0.1, 0.15) is 97.3 Å². The number of hydrogen-bond donors (Lipinski definition) is 5. The standard InChI is InChI=1S/C47H63N9O9S2/c1-29(2)48-46-52-39(28-66-46)37-24-41(34-19-18-32(64-4)22-36(34)49-37)65-33-23-40-42(57)53-47(44(59)60)25-31(47)16-11-6-5-7-12-17-35(43(58)56(40)26-33)50-45(61)51-38(30-14-9-8-10-15-30)27-55-21-13-20-54(3)67(55,62)63/h11,16,18-19,22,24,28-29,31,33,35,40H,5-10,12-15,17,20-21,23,25-27H2,1-4H3,(H,48,52)(H,53,57)(H,59,60)(H2,50,51,61)/b16-11-/t31?,33-,35+,40+,47-/m1/s1. The Bertz CT molecular complexity index is 2520. The van der Waals surface area contributed by atoms with Crippen molar-refractivity contribution in [3.63, 3.8) is 0 Å². The average molecular weight is 962 g/mol. The van der Waals surface area contributed by atoms with Crippen LogP contribution in [0.4, 0.5) is 9.93 Å². The van der Waals surface area contributed by atoms with Crippen LogP contribution in [0, 0.1) is 5.92 Å². The fourth-order valence-corrected chi connectivity index (χ4v) is 11.9. The molecule has 1 unspecified atom stereocenters. The summed E-state index contributed by atoms with van der Waals surface area (Å²) in [6.45, 7) is 4.75. The number of nitrogens with zero attached hydrogens (tertiary/aromatic N) is 5. The zero-order chi connectivity index (χ0) is 47.5. The number of allylic oxidation sites excluding steroid dienone is 2. The Morgan fingerprint density at radius 2 is 1.82 bits per heavy atom. The van der Waals surface area contributed by atoms with E-state index in [1.165, 1.54) is 24.8 Å². The molecule has 1 aromatic carbocycles. The van der Waals surface area contributed by atoms with Gasteiger partial charge in [0.1, 0.15) is 40.9 Å². The van der Waals surface area contributed by atoms with Gasteiger partial charge in [0.25, 0.3) is 10.2 Å². The van der Waals surface area contributed by atoms with E-state index in [-0.39, 0.29) is 38.4 Å². The lowest BCUT2D eigenvalue weighted by Gasteiger charge is -2.34. The quantitative estimate of drug-likeness (QED) is 0.144. The molecule has 4 amide bonds. The summed E-state index contributed by atoms with van der Waals surface area (Å²) in [6.07, 6.45) is 11.4. The molecule has 2 aliphatic carbocycles. The van der Waals surface area contributed by atoms with Gasteiger partial charge in [0.2, 0.25) is 11.8 Å². The number of aromatic nitrogens is 2. The second kappa shape index (κ2) is 20.5. The van der Waals surface area contributed by atoms with E-state index in [1.807, 2.05) is 37.4 Å².